The molecule has 2 heterocycles. The van der Waals surface area contributed by atoms with Gasteiger partial charge in [0.15, 0.2) is 0 Å². The van der Waals surface area contributed by atoms with Crippen molar-refractivity contribution >= 4 is 35.3 Å². The van der Waals surface area contributed by atoms with Crippen LogP contribution in [0.5, 0.6) is 0 Å². The maximum absolute atomic E-state index is 13.2. The third kappa shape index (κ3) is 28.4. The highest BCUT2D eigenvalue weighted by molar-refractivity contribution is 6.25. The highest BCUT2D eigenvalue weighted by Gasteiger charge is 2.45. The van der Waals surface area contributed by atoms with Gasteiger partial charge in [-0.05, 0) is 25.0 Å². The molecule has 70 heavy (non-hydrogen) atoms. The first-order chi connectivity index (χ1) is 34.4. The van der Waals surface area contributed by atoms with E-state index in [0.717, 1.165) is 17.7 Å². The van der Waals surface area contributed by atoms with Crippen molar-refractivity contribution in [3.05, 3.63) is 29.3 Å². The summed E-state index contributed by atoms with van der Waals surface area (Å²) in [5.74, 6) is -2.32. The summed E-state index contributed by atoms with van der Waals surface area (Å²) in [7, 11) is 0. The van der Waals surface area contributed by atoms with Crippen LogP contribution in [0, 0.1) is 0 Å². The van der Waals surface area contributed by atoms with Gasteiger partial charge in [0, 0.05) is 25.1 Å². The van der Waals surface area contributed by atoms with Gasteiger partial charge in [-0.2, -0.15) is 0 Å². The Labute approximate surface area is 416 Å². The summed E-state index contributed by atoms with van der Waals surface area (Å²) < 4.78 is 60.5. The Kier molecular flexibility index (Phi) is 36.3. The van der Waals surface area contributed by atoms with Gasteiger partial charge >= 0.3 is 5.97 Å². The van der Waals surface area contributed by atoms with E-state index in [0.29, 0.717) is 151 Å². The molecule has 19 heteroatoms. The van der Waals surface area contributed by atoms with E-state index in [1.54, 1.807) is 18.2 Å². The lowest BCUT2D eigenvalue weighted by atomic mass is 10.0. The summed E-state index contributed by atoms with van der Waals surface area (Å²) in [6.07, 6.45) is 17.3. The Morgan fingerprint density at radius 3 is 1.36 bits per heavy atom. The Morgan fingerprint density at radius 1 is 0.529 bits per heavy atom. The molecule has 0 aromatic heterocycles. The molecule has 0 radical (unpaired) electrons. The van der Waals surface area contributed by atoms with Crippen molar-refractivity contribution < 1.29 is 76.1 Å². The fourth-order valence-electron chi connectivity index (χ4n) is 7.58. The van der Waals surface area contributed by atoms with E-state index in [1.807, 2.05) is 0 Å². The van der Waals surface area contributed by atoms with Gasteiger partial charge in [-0.15, -0.1) is 0 Å². The van der Waals surface area contributed by atoms with Crippen LogP contribution < -0.4 is 10.6 Å². The average Bonchev–Trinajstić information content (AvgIpc) is 3.61. The van der Waals surface area contributed by atoms with Gasteiger partial charge in [0.1, 0.15) is 12.6 Å². The average molecular weight is 996 g/mol. The molecular formula is C51H85N3O16. The van der Waals surface area contributed by atoms with Crippen molar-refractivity contribution in [1.29, 1.82) is 0 Å². The maximum atomic E-state index is 13.2. The number of imide groups is 2. The van der Waals surface area contributed by atoms with E-state index in [-0.39, 0.29) is 36.5 Å². The zero-order chi connectivity index (χ0) is 50.0. The number of hydrogen-bond donors (Lipinski definition) is 2. The van der Waals surface area contributed by atoms with Crippen LogP contribution in [0.25, 0.3) is 0 Å². The molecule has 1 saturated heterocycles. The van der Waals surface area contributed by atoms with Crippen LogP contribution in [0.1, 0.15) is 130 Å². The van der Waals surface area contributed by atoms with Crippen LogP contribution in [0.2, 0.25) is 0 Å². The Balaban J connectivity index is 0.940. The first-order valence-electron chi connectivity index (χ1n) is 26.0. The van der Waals surface area contributed by atoms with Crippen LogP contribution in [-0.4, -0.2) is 186 Å². The van der Waals surface area contributed by atoms with E-state index < -0.39 is 29.7 Å². The number of ether oxygens (including phenoxy) is 11. The van der Waals surface area contributed by atoms with Crippen molar-refractivity contribution in [2.45, 2.75) is 116 Å². The molecule has 2 N–H and O–H groups in total. The summed E-state index contributed by atoms with van der Waals surface area (Å²) in [4.78, 5) is 62.9. The van der Waals surface area contributed by atoms with Gasteiger partial charge in [-0.25, -0.2) is 0 Å². The number of unbranched alkanes of at least 4 members (excludes halogenated alkanes) is 12. The molecule has 2 aliphatic heterocycles. The van der Waals surface area contributed by atoms with Gasteiger partial charge in [-0.3, -0.25) is 34.2 Å². The van der Waals surface area contributed by atoms with E-state index in [4.69, 9.17) is 52.1 Å². The van der Waals surface area contributed by atoms with Crippen LogP contribution in [-0.2, 0) is 66.5 Å². The number of carbonyl (C=O) groups is 5. The topological polar surface area (TPSA) is 214 Å². The second-order valence-electron chi connectivity index (χ2n) is 16.9. The van der Waals surface area contributed by atoms with Gasteiger partial charge < -0.3 is 57.4 Å². The van der Waals surface area contributed by atoms with E-state index in [9.17, 15) is 24.0 Å². The third-order valence-corrected chi connectivity index (χ3v) is 11.4. The standard InChI is InChI=1S/C51H85N3O16/c1-2-3-4-5-6-7-8-9-10-11-12-13-14-18-47(56)70-42-41-69-40-39-68-38-37-67-36-35-66-34-33-65-32-31-64-30-29-63-28-27-62-26-25-61-24-23-60-22-21-52-44-17-15-16-43-48(44)51(59)54(50(43)58)45-19-20-46(55)53-49(45)57/h15-17,45,52H,2-14,18-42H2,1H3,(H,53,55,57). The lowest BCUT2D eigenvalue weighted by Gasteiger charge is -2.27. The summed E-state index contributed by atoms with van der Waals surface area (Å²) in [5.41, 5.74) is 0.900. The van der Waals surface area contributed by atoms with Crippen molar-refractivity contribution in [3.63, 3.8) is 0 Å². The van der Waals surface area contributed by atoms with Gasteiger partial charge in [0.25, 0.3) is 11.8 Å². The molecule has 1 fully saturated rings. The quantitative estimate of drug-likeness (QED) is 0.0456. The zero-order valence-electron chi connectivity index (χ0n) is 42.2. The molecule has 2 aliphatic rings. The monoisotopic (exact) mass is 996 g/mol. The first-order valence-corrected chi connectivity index (χ1v) is 26.0. The van der Waals surface area contributed by atoms with Gasteiger partial charge in [0.05, 0.1) is 143 Å². The first kappa shape index (κ1) is 60.7. The number of esters is 1. The number of nitrogens with one attached hydrogen (secondary N) is 2. The lowest BCUT2D eigenvalue weighted by Crippen LogP contribution is -2.54. The molecule has 1 unspecified atom stereocenters. The minimum atomic E-state index is -1.01. The van der Waals surface area contributed by atoms with E-state index >= 15 is 0 Å². The van der Waals surface area contributed by atoms with E-state index in [1.165, 1.54) is 70.6 Å². The molecule has 0 bridgehead atoms. The summed E-state index contributed by atoms with van der Waals surface area (Å²) >= 11 is 0. The van der Waals surface area contributed by atoms with Crippen LogP contribution in [0.15, 0.2) is 18.2 Å². The summed E-state index contributed by atoms with van der Waals surface area (Å²) in [6.45, 7) is 11.6. The predicted molar refractivity (Wildman–Crippen MR) is 261 cm³/mol. The Bertz CT molecular complexity index is 1550. The van der Waals surface area contributed by atoms with Gasteiger partial charge in [-0.1, -0.05) is 90.0 Å². The fourth-order valence-corrected chi connectivity index (χ4v) is 7.58. The number of fused-ring (bicyclic) bond motifs is 1. The molecule has 400 valence electrons. The lowest BCUT2D eigenvalue weighted by molar-refractivity contribution is -0.145. The largest absolute Gasteiger partial charge is 0.463 e. The second kappa shape index (κ2) is 41.9. The maximum Gasteiger partial charge on any atom is 0.305 e. The Morgan fingerprint density at radius 2 is 0.929 bits per heavy atom. The minimum Gasteiger partial charge on any atom is -0.463 e. The smallest absolute Gasteiger partial charge is 0.305 e. The minimum absolute atomic E-state index is 0.0628. The SMILES string of the molecule is CCCCCCCCCCCCCCCC(=O)OCCOCCOCCOCCOCCOCCOCCOCCOCCOCCOCCNc1cccc2c1C(=O)N(C1CCC(=O)NC1=O)C2=O. The number of nitrogens with zero attached hydrogens (tertiary/aromatic N) is 1. The number of benzene rings is 1. The number of hydrogen-bond acceptors (Lipinski definition) is 17. The second-order valence-corrected chi connectivity index (χ2v) is 16.9. The zero-order valence-corrected chi connectivity index (χ0v) is 42.2. The molecular weight excluding hydrogens is 911 g/mol. The van der Waals surface area contributed by atoms with Crippen LogP contribution in [0.3, 0.4) is 0 Å². The number of piperidine rings is 1. The Hall–Kier alpha value is -3.63. The number of rotatable bonds is 49. The molecule has 1 aromatic carbocycles. The molecule has 1 aromatic rings. The highest BCUT2D eigenvalue weighted by Crippen LogP contribution is 2.32. The molecule has 0 aliphatic carbocycles. The van der Waals surface area contributed by atoms with Crippen LogP contribution in [0.4, 0.5) is 5.69 Å². The van der Waals surface area contributed by atoms with Crippen molar-refractivity contribution in [2.75, 3.05) is 151 Å². The highest BCUT2D eigenvalue weighted by atomic mass is 16.6. The van der Waals surface area contributed by atoms with Gasteiger partial charge in [0.2, 0.25) is 11.8 Å². The molecule has 3 rings (SSSR count). The fraction of sp³-hybridized carbons (Fsp3) is 0.784. The van der Waals surface area contributed by atoms with E-state index in [2.05, 4.69) is 17.6 Å². The van der Waals surface area contributed by atoms with Crippen LogP contribution >= 0.6 is 0 Å². The molecule has 19 nitrogen and oxygen atoms in total. The number of carbonyl (C=O) groups excluding carboxylic acids is 5. The number of anilines is 1. The molecule has 0 spiro atoms. The molecule has 1 atom stereocenters. The predicted octanol–water partition coefficient (Wildman–Crippen LogP) is 5.69. The number of amides is 4. The van der Waals surface area contributed by atoms with Crippen molar-refractivity contribution in [1.82, 2.24) is 10.2 Å². The van der Waals surface area contributed by atoms with Crippen molar-refractivity contribution in [3.8, 4) is 0 Å². The van der Waals surface area contributed by atoms with Crippen molar-refractivity contribution in [2.24, 2.45) is 0 Å². The summed E-state index contributed by atoms with van der Waals surface area (Å²) in [5, 5.41) is 5.34. The normalized spacial score (nSPS) is 14.7. The molecule has 0 saturated carbocycles. The molecule has 4 amide bonds. The summed E-state index contributed by atoms with van der Waals surface area (Å²) in [6, 6.07) is 3.90. The third-order valence-electron chi connectivity index (χ3n) is 11.4.